The Morgan fingerprint density at radius 3 is 3.14 bits per heavy atom. The van der Waals surface area contributed by atoms with E-state index in [2.05, 4.69) is 25.5 Å². The summed E-state index contributed by atoms with van der Waals surface area (Å²) in [6.07, 6.45) is 5.10. The number of nitrogens with zero attached hydrogens (tertiary/aromatic N) is 2. The van der Waals surface area contributed by atoms with Crippen LogP contribution in [-0.4, -0.2) is 26.1 Å². The molecule has 3 heterocycles. The lowest BCUT2D eigenvalue weighted by Crippen LogP contribution is -2.11. The highest BCUT2D eigenvalue weighted by atomic mass is 16.1. The Kier molecular flexibility index (Phi) is 2.47. The molecule has 0 fully saturated rings. The predicted molar refractivity (Wildman–Crippen MR) is 80.1 cm³/mol. The number of hydrogen-bond acceptors (Lipinski definition) is 3. The van der Waals surface area contributed by atoms with E-state index >= 15 is 0 Å². The van der Waals surface area contributed by atoms with Gasteiger partial charge >= 0.3 is 0 Å². The van der Waals surface area contributed by atoms with Gasteiger partial charge in [0.1, 0.15) is 5.65 Å². The van der Waals surface area contributed by atoms with Gasteiger partial charge in [0.2, 0.25) is 0 Å². The quantitative estimate of drug-likeness (QED) is 0.526. The zero-order chi connectivity index (χ0) is 14.2. The molecule has 0 spiro atoms. The first-order valence-corrected chi connectivity index (χ1v) is 6.48. The van der Waals surface area contributed by atoms with Crippen molar-refractivity contribution < 1.29 is 4.79 Å². The number of pyridine rings is 1. The van der Waals surface area contributed by atoms with E-state index in [4.69, 9.17) is 0 Å². The van der Waals surface area contributed by atoms with Gasteiger partial charge in [-0.1, -0.05) is 0 Å². The molecule has 1 amide bonds. The van der Waals surface area contributed by atoms with Gasteiger partial charge < -0.3 is 10.3 Å². The number of hydrogen-bond donors (Lipinski definition) is 3. The molecule has 4 rings (SSSR count). The molecule has 6 nitrogen and oxygen atoms in total. The molecule has 0 bridgehead atoms. The van der Waals surface area contributed by atoms with E-state index in [1.807, 2.05) is 30.3 Å². The molecule has 3 N–H and O–H groups in total. The minimum absolute atomic E-state index is 0.173. The predicted octanol–water partition coefficient (Wildman–Crippen LogP) is 2.69. The molecular formula is C15H11N5O. The third kappa shape index (κ3) is 1.93. The van der Waals surface area contributed by atoms with Crippen LogP contribution in [0.3, 0.4) is 0 Å². The van der Waals surface area contributed by atoms with E-state index in [0.717, 1.165) is 22.0 Å². The van der Waals surface area contributed by atoms with Crippen LogP contribution in [0.2, 0.25) is 0 Å². The van der Waals surface area contributed by atoms with Crippen molar-refractivity contribution in [3.63, 3.8) is 0 Å². The van der Waals surface area contributed by atoms with Gasteiger partial charge in [-0.2, -0.15) is 5.10 Å². The average molecular weight is 277 g/mol. The maximum Gasteiger partial charge on any atom is 0.257 e. The van der Waals surface area contributed by atoms with E-state index in [1.165, 1.54) is 0 Å². The number of rotatable bonds is 2. The third-order valence-corrected chi connectivity index (χ3v) is 3.40. The van der Waals surface area contributed by atoms with Gasteiger partial charge in [0.25, 0.3) is 5.91 Å². The maximum absolute atomic E-state index is 12.4. The maximum atomic E-state index is 12.4. The van der Waals surface area contributed by atoms with Crippen LogP contribution in [0.25, 0.3) is 21.9 Å². The Morgan fingerprint density at radius 2 is 2.19 bits per heavy atom. The zero-order valence-electron chi connectivity index (χ0n) is 10.9. The standard InChI is InChI=1S/C15H11N5O/c21-15(12-8-17-14-11(12)2-1-5-16-14)19-10-4-3-9-7-18-20-13(9)6-10/h1-8H,(H,16,17)(H,18,20)(H,19,21). The first-order chi connectivity index (χ1) is 10.3. The summed E-state index contributed by atoms with van der Waals surface area (Å²) in [6.45, 7) is 0. The minimum atomic E-state index is -0.173. The highest BCUT2D eigenvalue weighted by molar-refractivity contribution is 6.12. The van der Waals surface area contributed by atoms with Crippen LogP contribution in [0.1, 0.15) is 10.4 Å². The van der Waals surface area contributed by atoms with Crippen LogP contribution in [0, 0.1) is 0 Å². The summed E-state index contributed by atoms with van der Waals surface area (Å²) in [5.41, 5.74) is 2.87. The second-order valence-electron chi connectivity index (χ2n) is 4.73. The lowest BCUT2D eigenvalue weighted by molar-refractivity contribution is 0.102. The van der Waals surface area contributed by atoms with Crippen LogP contribution in [0.15, 0.2) is 48.9 Å². The van der Waals surface area contributed by atoms with E-state index in [9.17, 15) is 4.79 Å². The summed E-state index contributed by atoms with van der Waals surface area (Å²) in [5, 5.41) is 11.5. The highest BCUT2D eigenvalue weighted by Gasteiger charge is 2.12. The number of fused-ring (bicyclic) bond motifs is 2. The van der Waals surface area contributed by atoms with Crippen LogP contribution in [0.5, 0.6) is 0 Å². The summed E-state index contributed by atoms with van der Waals surface area (Å²) in [6, 6.07) is 9.29. The monoisotopic (exact) mass is 277 g/mol. The van der Waals surface area contributed by atoms with Crippen molar-refractivity contribution in [2.75, 3.05) is 5.32 Å². The van der Waals surface area contributed by atoms with Gasteiger partial charge in [-0.15, -0.1) is 0 Å². The van der Waals surface area contributed by atoms with Crippen molar-refractivity contribution in [3.8, 4) is 0 Å². The lowest BCUT2D eigenvalue weighted by atomic mass is 10.2. The van der Waals surface area contributed by atoms with E-state index in [1.54, 1.807) is 18.6 Å². The highest BCUT2D eigenvalue weighted by Crippen LogP contribution is 2.20. The molecule has 1 aromatic carbocycles. The second-order valence-corrected chi connectivity index (χ2v) is 4.73. The molecule has 3 aromatic heterocycles. The number of amides is 1. The van der Waals surface area contributed by atoms with Gasteiger partial charge in [-0.3, -0.25) is 9.89 Å². The van der Waals surface area contributed by atoms with Gasteiger partial charge in [0, 0.05) is 28.9 Å². The smallest absolute Gasteiger partial charge is 0.257 e. The Morgan fingerprint density at radius 1 is 1.24 bits per heavy atom. The molecule has 0 radical (unpaired) electrons. The second kappa shape index (κ2) is 4.45. The fourth-order valence-corrected chi connectivity index (χ4v) is 2.36. The largest absolute Gasteiger partial charge is 0.345 e. The molecule has 4 aromatic rings. The summed E-state index contributed by atoms with van der Waals surface area (Å²) in [5.74, 6) is -0.173. The zero-order valence-corrected chi connectivity index (χ0v) is 10.9. The number of nitrogens with one attached hydrogen (secondary N) is 3. The van der Waals surface area contributed by atoms with Crippen LogP contribution >= 0.6 is 0 Å². The third-order valence-electron chi connectivity index (χ3n) is 3.40. The van der Waals surface area contributed by atoms with E-state index < -0.39 is 0 Å². The van der Waals surface area contributed by atoms with Gasteiger partial charge in [0.05, 0.1) is 17.3 Å². The molecule has 21 heavy (non-hydrogen) atoms. The molecule has 0 aliphatic carbocycles. The Labute approximate surface area is 119 Å². The molecular weight excluding hydrogens is 266 g/mol. The molecule has 6 heteroatoms. The van der Waals surface area contributed by atoms with Gasteiger partial charge in [-0.25, -0.2) is 4.98 Å². The summed E-state index contributed by atoms with van der Waals surface area (Å²) >= 11 is 0. The van der Waals surface area contributed by atoms with Crippen molar-refractivity contribution in [1.82, 2.24) is 20.2 Å². The van der Waals surface area contributed by atoms with Crippen LogP contribution < -0.4 is 5.32 Å². The number of carbonyl (C=O) groups excluding carboxylic acids is 1. The normalized spacial score (nSPS) is 11.0. The molecule has 0 aliphatic heterocycles. The summed E-state index contributed by atoms with van der Waals surface area (Å²) in [4.78, 5) is 19.5. The first-order valence-electron chi connectivity index (χ1n) is 6.48. The van der Waals surface area contributed by atoms with Crippen molar-refractivity contribution in [2.45, 2.75) is 0 Å². The number of H-pyrrole nitrogens is 2. The Balaban J connectivity index is 1.68. The molecule has 0 aliphatic rings. The first kappa shape index (κ1) is 11.7. The fourth-order valence-electron chi connectivity index (χ4n) is 2.36. The Hall–Kier alpha value is -3.15. The lowest BCUT2D eigenvalue weighted by Gasteiger charge is -2.04. The minimum Gasteiger partial charge on any atom is -0.345 e. The van der Waals surface area contributed by atoms with E-state index in [-0.39, 0.29) is 5.91 Å². The Bertz CT molecular complexity index is 953. The van der Waals surface area contributed by atoms with Crippen molar-refractivity contribution in [1.29, 1.82) is 0 Å². The molecule has 0 atom stereocenters. The van der Waals surface area contributed by atoms with Crippen molar-refractivity contribution in [2.24, 2.45) is 0 Å². The topological polar surface area (TPSA) is 86.5 Å². The molecule has 0 unspecified atom stereocenters. The van der Waals surface area contributed by atoms with Crippen molar-refractivity contribution in [3.05, 3.63) is 54.5 Å². The van der Waals surface area contributed by atoms with E-state index in [0.29, 0.717) is 11.2 Å². The number of aromatic nitrogens is 4. The number of anilines is 1. The number of carbonyl (C=O) groups is 1. The molecule has 0 saturated heterocycles. The van der Waals surface area contributed by atoms with Crippen LogP contribution in [0.4, 0.5) is 5.69 Å². The molecule has 102 valence electrons. The SMILES string of the molecule is O=C(Nc1ccc2cn[nH]c2c1)c1c[nH]c2ncccc12. The average Bonchev–Trinajstić information content (AvgIpc) is 3.13. The van der Waals surface area contributed by atoms with Gasteiger partial charge in [-0.05, 0) is 30.3 Å². The number of benzene rings is 1. The van der Waals surface area contributed by atoms with Crippen molar-refractivity contribution >= 4 is 33.5 Å². The number of aromatic amines is 2. The summed E-state index contributed by atoms with van der Waals surface area (Å²) < 4.78 is 0. The molecule has 0 saturated carbocycles. The fraction of sp³-hybridized carbons (Fsp3) is 0. The summed E-state index contributed by atoms with van der Waals surface area (Å²) in [7, 11) is 0. The van der Waals surface area contributed by atoms with Gasteiger partial charge in [0.15, 0.2) is 0 Å². The van der Waals surface area contributed by atoms with Crippen LogP contribution in [-0.2, 0) is 0 Å².